The highest BCUT2D eigenvalue weighted by Gasteiger charge is 2.21. The number of nitrogens with zero attached hydrogens (tertiary/aromatic N) is 1. The molecule has 1 aromatic heterocycles. The summed E-state index contributed by atoms with van der Waals surface area (Å²) in [6.07, 6.45) is 2.18. The Kier molecular flexibility index (Phi) is 4.13. The molecule has 0 aliphatic heterocycles. The maximum atomic E-state index is 12.2. The second-order valence-electron chi connectivity index (χ2n) is 4.95. The fourth-order valence-corrected chi connectivity index (χ4v) is 2.38. The van der Waals surface area contributed by atoms with E-state index in [-0.39, 0.29) is 30.3 Å². The molecule has 0 saturated heterocycles. The molecule has 0 saturated carbocycles. The SMILES string of the molecule is CC(=O)C(CCC(=O)n1ccc2ccccc21)C(C)=O. The van der Waals surface area contributed by atoms with Crippen molar-refractivity contribution in [1.29, 1.82) is 0 Å². The van der Waals surface area contributed by atoms with E-state index in [1.54, 1.807) is 10.8 Å². The summed E-state index contributed by atoms with van der Waals surface area (Å²) in [5.74, 6) is -1.12. The maximum absolute atomic E-state index is 12.2. The molecule has 104 valence electrons. The summed E-state index contributed by atoms with van der Waals surface area (Å²) < 4.78 is 1.58. The van der Waals surface area contributed by atoms with Crippen LogP contribution < -0.4 is 0 Å². The van der Waals surface area contributed by atoms with Crippen LogP contribution in [0.3, 0.4) is 0 Å². The first-order valence-electron chi connectivity index (χ1n) is 6.61. The number of Topliss-reactive ketones (excluding diaryl/α,β-unsaturated/α-hetero) is 2. The fraction of sp³-hybridized carbons (Fsp3) is 0.312. The number of carbonyl (C=O) groups is 3. The van der Waals surface area contributed by atoms with Crippen LogP contribution in [0, 0.1) is 5.92 Å². The quantitative estimate of drug-likeness (QED) is 0.786. The maximum Gasteiger partial charge on any atom is 0.231 e. The predicted molar refractivity (Wildman–Crippen MR) is 76.7 cm³/mol. The van der Waals surface area contributed by atoms with Crippen molar-refractivity contribution < 1.29 is 14.4 Å². The van der Waals surface area contributed by atoms with Crippen LogP contribution in [0.1, 0.15) is 31.5 Å². The smallest absolute Gasteiger partial charge is 0.231 e. The Morgan fingerprint density at radius 1 is 1.05 bits per heavy atom. The van der Waals surface area contributed by atoms with E-state index < -0.39 is 5.92 Å². The van der Waals surface area contributed by atoms with E-state index in [1.165, 1.54) is 13.8 Å². The normalized spacial score (nSPS) is 10.9. The Hall–Kier alpha value is -2.23. The molecule has 0 radical (unpaired) electrons. The van der Waals surface area contributed by atoms with Crippen molar-refractivity contribution in [1.82, 2.24) is 4.57 Å². The zero-order valence-electron chi connectivity index (χ0n) is 11.6. The molecule has 2 aromatic rings. The van der Waals surface area contributed by atoms with Gasteiger partial charge in [-0.25, -0.2) is 0 Å². The lowest BCUT2D eigenvalue weighted by molar-refractivity contribution is -0.130. The second-order valence-corrected chi connectivity index (χ2v) is 4.95. The van der Waals surface area contributed by atoms with Gasteiger partial charge in [-0.2, -0.15) is 0 Å². The molecule has 1 heterocycles. The average Bonchev–Trinajstić information content (AvgIpc) is 2.81. The summed E-state index contributed by atoms with van der Waals surface area (Å²) in [4.78, 5) is 34.9. The van der Waals surface area contributed by atoms with Gasteiger partial charge in [0.05, 0.1) is 11.4 Å². The van der Waals surface area contributed by atoms with Crippen LogP contribution in [0.5, 0.6) is 0 Å². The van der Waals surface area contributed by atoms with Crippen LogP contribution in [-0.2, 0) is 9.59 Å². The molecule has 0 aliphatic carbocycles. The van der Waals surface area contributed by atoms with Gasteiger partial charge in [-0.3, -0.25) is 19.0 Å². The van der Waals surface area contributed by atoms with Crippen LogP contribution >= 0.6 is 0 Å². The summed E-state index contributed by atoms with van der Waals surface area (Å²) in [5, 5.41) is 0.996. The topological polar surface area (TPSA) is 56.1 Å². The standard InChI is InChI=1S/C16H17NO3/c1-11(18)14(12(2)19)7-8-16(20)17-10-9-13-5-3-4-6-15(13)17/h3-6,9-10,14H,7-8H2,1-2H3. The lowest BCUT2D eigenvalue weighted by atomic mass is 9.95. The van der Waals surface area contributed by atoms with Crippen LogP contribution in [0.4, 0.5) is 0 Å². The first-order chi connectivity index (χ1) is 9.50. The van der Waals surface area contributed by atoms with E-state index in [1.807, 2.05) is 30.3 Å². The molecular formula is C16H17NO3. The monoisotopic (exact) mass is 271 g/mol. The summed E-state index contributed by atoms with van der Waals surface area (Å²) in [6.45, 7) is 2.78. The molecule has 0 atom stereocenters. The van der Waals surface area contributed by atoms with Crippen LogP contribution in [0.15, 0.2) is 36.5 Å². The number of carbonyl (C=O) groups excluding carboxylic acids is 3. The van der Waals surface area contributed by atoms with Crippen LogP contribution in [-0.4, -0.2) is 22.0 Å². The third-order valence-corrected chi connectivity index (χ3v) is 3.50. The Morgan fingerprint density at radius 3 is 2.35 bits per heavy atom. The third-order valence-electron chi connectivity index (χ3n) is 3.50. The van der Waals surface area contributed by atoms with E-state index in [2.05, 4.69) is 0 Å². The number of aromatic nitrogens is 1. The predicted octanol–water partition coefficient (Wildman–Crippen LogP) is 2.86. The third kappa shape index (κ3) is 2.85. The first-order valence-corrected chi connectivity index (χ1v) is 6.61. The highest BCUT2D eigenvalue weighted by Crippen LogP contribution is 2.17. The number of hydrogen-bond donors (Lipinski definition) is 0. The zero-order chi connectivity index (χ0) is 14.7. The Bertz CT molecular complexity index is 655. The van der Waals surface area contributed by atoms with Gasteiger partial charge in [0.25, 0.3) is 0 Å². The van der Waals surface area contributed by atoms with Crippen molar-refractivity contribution in [2.75, 3.05) is 0 Å². The molecule has 20 heavy (non-hydrogen) atoms. The van der Waals surface area contributed by atoms with Gasteiger partial charge >= 0.3 is 0 Å². The van der Waals surface area contributed by atoms with E-state index in [9.17, 15) is 14.4 Å². The Morgan fingerprint density at radius 2 is 1.70 bits per heavy atom. The van der Waals surface area contributed by atoms with Crippen molar-refractivity contribution in [3.05, 3.63) is 36.5 Å². The summed E-state index contributed by atoms with van der Waals surface area (Å²) in [7, 11) is 0. The van der Waals surface area contributed by atoms with E-state index in [0.717, 1.165) is 10.9 Å². The van der Waals surface area contributed by atoms with Gasteiger partial charge in [0.2, 0.25) is 5.91 Å². The van der Waals surface area contributed by atoms with Crippen molar-refractivity contribution in [3.63, 3.8) is 0 Å². The van der Waals surface area contributed by atoms with Gasteiger partial charge in [-0.15, -0.1) is 0 Å². The Balaban J connectivity index is 2.13. The minimum Gasteiger partial charge on any atom is -0.299 e. The Labute approximate surface area is 117 Å². The highest BCUT2D eigenvalue weighted by atomic mass is 16.2. The average molecular weight is 271 g/mol. The van der Waals surface area contributed by atoms with E-state index >= 15 is 0 Å². The minimum absolute atomic E-state index is 0.0984. The second kappa shape index (κ2) is 5.82. The molecule has 0 bridgehead atoms. The van der Waals surface area contributed by atoms with Crippen LogP contribution in [0.25, 0.3) is 10.9 Å². The van der Waals surface area contributed by atoms with Crippen molar-refractivity contribution in [2.45, 2.75) is 26.7 Å². The summed E-state index contributed by atoms with van der Waals surface area (Å²) in [6, 6.07) is 9.48. The molecule has 0 N–H and O–H groups in total. The molecule has 0 spiro atoms. The largest absolute Gasteiger partial charge is 0.299 e. The minimum atomic E-state index is -0.666. The molecule has 4 heteroatoms. The van der Waals surface area contributed by atoms with Crippen LogP contribution in [0.2, 0.25) is 0 Å². The fourth-order valence-electron chi connectivity index (χ4n) is 2.38. The number of para-hydroxylation sites is 1. The van der Waals surface area contributed by atoms with Crippen molar-refractivity contribution >= 4 is 28.4 Å². The van der Waals surface area contributed by atoms with Crippen molar-refractivity contribution in [3.8, 4) is 0 Å². The van der Waals surface area contributed by atoms with Gasteiger partial charge in [-0.1, -0.05) is 18.2 Å². The molecular weight excluding hydrogens is 254 g/mol. The molecule has 0 aliphatic rings. The molecule has 4 nitrogen and oxygen atoms in total. The zero-order valence-corrected chi connectivity index (χ0v) is 11.6. The van der Waals surface area contributed by atoms with Gasteiger partial charge in [-0.05, 0) is 32.4 Å². The number of hydrogen-bond acceptors (Lipinski definition) is 3. The lowest BCUT2D eigenvalue weighted by Crippen LogP contribution is -2.21. The summed E-state index contributed by atoms with van der Waals surface area (Å²) in [5.41, 5.74) is 0.847. The molecule has 0 amide bonds. The number of benzene rings is 1. The highest BCUT2D eigenvalue weighted by molar-refractivity contribution is 6.00. The molecule has 0 fully saturated rings. The molecule has 2 rings (SSSR count). The van der Waals surface area contributed by atoms with Gasteiger partial charge in [0.15, 0.2) is 0 Å². The van der Waals surface area contributed by atoms with Gasteiger partial charge in [0, 0.05) is 18.0 Å². The van der Waals surface area contributed by atoms with Gasteiger partial charge < -0.3 is 0 Å². The van der Waals surface area contributed by atoms with Gasteiger partial charge in [0.1, 0.15) is 11.6 Å². The van der Waals surface area contributed by atoms with E-state index in [4.69, 9.17) is 0 Å². The molecule has 0 unspecified atom stereocenters. The van der Waals surface area contributed by atoms with E-state index in [0.29, 0.717) is 0 Å². The number of fused-ring (bicyclic) bond motifs is 1. The number of ketones is 2. The first kappa shape index (κ1) is 14.2. The number of rotatable bonds is 5. The summed E-state index contributed by atoms with van der Waals surface area (Å²) >= 11 is 0. The van der Waals surface area contributed by atoms with Crippen molar-refractivity contribution in [2.24, 2.45) is 5.92 Å². The lowest BCUT2D eigenvalue weighted by Gasteiger charge is -2.10. The molecule has 1 aromatic carbocycles.